The molecule has 1 aromatic carbocycles. The van der Waals surface area contributed by atoms with Gasteiger partial charge in [-0.05, 0) is 52.0 Å². The fourth-order valence-corrected chi connectivity index (χ4v) is 2.05. The maximum atomic E-state index is 12.4. The molecule has 1 aliphatic heterocycles. The zero-order valence-corrected chi connectivity index (χ0v) is 12.6. The molecule has 103 valence electrons. The molecule has 2 rings (SSSR count). The summed E-state index contributed by atoms with van der Waals surface area (Å²) in [6, 6.07) is 7.92. The largest absolute Gasteiger partial charge is 0.378 e. The predicted octanol–water partition coefficient (Wildman–Crippen LogP) is 2.72. The molecule has 19 heavy (non-hydrogen) atoms. The van der Waals surface area contributed by atoms with E-state index in [-0.39, 0.29) is 5.54 Å². The second kappa shape index (κ2) is 4.23. The molecule has 0 saturated heterocycles. The molecule has 4 nitrogen and oxygen atoms in total. The Morgan fingerprint density at radius 2 is 1.58 bits per heavy atom. The monoisotopic (exact) mass is 260 g/mol. The molecule has 0 aliphatic carbocycles. The van der Waals surface area contributed by atoms with E-state index in [1.54, 1.807) is 0 Å². The maximum absolute atomic E-state index is 12.4. The first-order chi connectivity index (χ1) is 8.67. The lowest BCUT2D eigenvalue weighted by Crippen LogP contribution is -2.50. The van der Waals surface area contributed by atoms with E-state index in [1.807, 2.05) is 71.0 Å². The minimum absolute atomic E-state index is 0.385. The molecule has 0 bridgehead atoms. The number of benzene rings is 1. The van der Waals surface area contributed by atoms with Gasteiger partial charge in [0.25, 0.3) is 0 Å². The van der Waals surface area contributed by atoms with Gasteiger partial charge in [-0.15, -0.1) is 0 Å². The van der Waals surface area contributed by atoms with E-state index in [2.05, 4.69) is 4.99 Å². The lowest BCUT2D eigenvalue weighted by atomic mass is 9.84. The molecule has 0 saturated carbocycles. The van der Waals surface area contributed by atoms with Crippen molar-refractivity contribution >= 4 is 11.5 Å². The van der Waals surface area contributed by atoms with Gasteiger partial charge in [-0.25, -0.2) is 0 Å². The summed E-state index contributed by atoms with van der Waals surface area (Å²) in [5.41, 5.74) is 1.07. The molecule has 0 aromatic heterocycles. The van der Waals surface area contributed by atoms with Crippen LogP contribution in [0.2, 0.25) is 0 Å². The number of aliphatic imine (C=N–C) groups is 1. The summed E-state index contributed by atoms with van der Waals surface area (Å²) in [5, 5.41) is 13.5. The van der Waals surface area contributed by atoms with Crippen LogP contribution in [0.4, 0.5) is 5.69 Å². The summed E-state index contributed by atoms with van der Waals surface area (Å²) in [6.45, 7) is 7.87. The van der Waals surface area contributed by atoms with Crippen molar-refractivity contribution < 1.29 is 5.21 Å². The Morgan fingerprint density at radius 1 is 1.05 bits per heavy atom. The van der Waals surface area contributed by atoms with E-state index in [0.717, 1.165) is 16.3 Å². The molecule has 0 fully saturated rings. The summed E-state index contributed by atoms with van der Waals surface area (Å²) >= 11 is 0. The molecule has 1 aromatic rings. The lowest BCUT2D eigenvalue weighted by molar-refractivity contribution is -0.158. The van der Waals surface area contributed by atoms with Crippen LogP contribution < -0.4 is 4.90 Å². The average molecular weight is 260 g/mol. The molecule has 0 atom stereocenters. The Bertz CT molecular complexity index is 501. The highest BCUT2D eigenvalue weighted by atomic mass is 16.5. The fourth-order valence-electron chi connectivity index (χ4n) is 2.05. The van der Waals surface area contributed by atoms with Gasteiger partial charge < -0.3 is 4.90 Å². The van der Waals surface area contributed by atoms with Gasteiger partial charge >= 0.3 is 0 Å². The van der Waals surface area contributed by atoms with Crippen LogP contribution >= 0.6 is 0 Å². The van der Waals surface area contributed by atoms with E-state index < -0.39 is 5.54 Å². The fraction of sp³-hybridized carbons (Fsp3) is 0.533. The van der Waals surface area contributed by atoms with Gasteiger partial charge in [0.15, 0.2) is 5.84 Å². The van der Waals surface area contributed by atoms with Crippen LogP contribution in [0, 0.1) is 0 Å². The summed E-state index contributed by atoms with van der Waals surface area (Å²) < 4.78 is 0. The van der Waals surface area contributed by atoms with Crippen LogP contribution in [-0.2, 0) is 5.21 Å². The van der Waals surface area contributed by atoms with E-state index in [0.29, 0.717) is 5.84 Å². The van der Waals surface area contributed by atoms with Crippen LogP contribution in [0.3, 0.4) is 0 Å². The van der Waals surface area contributed by atoms with E-state index in [4.69, 9.17) is 0 Å². The topological polar surface area (TPSA) is 38.7 Å². The van der Waals surface area contributed by atoms with Gasteiger partial charge in [-0.2, -0.15) is 5.06 Å². The van der Waals surface area contributed by atoms with E-state index in [9.17, 15) is 5.21 Å². The van der Waals surface area contributed by atoms with Crippen molar-refractivity contribution in [2.45, 2.75) is 38.8 Å². The molecule has 0 unspecified atom stereocenters. The molecule has 0 N–H and O–H groups in total. The van der Waals surface area contributed by atoms with Gasteiger partial charge in [0.1, 0.15) is 0 Å². The highest BCUT2D eigenvalue weighted by molar-refractivity contribution is 6.00. The van der Waals surface area contributed by atoms with Gasteiger partial charge in [0.2, 0.25) is 0 Å². The van der Waals surface area contributed by atoms with Crippen LogP contribution in [0.5, 0.6) is 0 Å². The summed E-state index contributed by atoms with van der Waals surface area (Å²) in [7, 11) is 3.99. The number of rotatable bonds is 2. The first kappa shape index (κ1) is 13.9. The van der Waals surface area contributed by atoms with Gasteiger partial charge in [0, 0.05) is 25.3 Å². The minimum atomic E-state index is -0.525. The smallest absolute Gasteiger partial charge is 0.159 e. The molecular formula is C15H22N3O. The third kappa shape index (κ3) is 2.10. The lowest BCUT2D eigenvalue weighted by Gasteiger charge is -2.35. The number of hydrogen-bond donors (Lipinski definition) is 0. The second-order valence-electron chi connectivity index (χ2n) is 6.29. The van der Waals surface area contributed by atoms with Crippen molar-refractivity contribution in [3.8, 4) is 0 Å². The second-order valence-corrected chi connectivity index (χ2v) is 6.29. The van der Waals surface area contributed by atoms with Crippen LogP contribution in [0.15, 0.2) is 29.3 Å². The quantitative estimate of drug-likeness (QED) is 0.820. The zero-order chi connectivity index (χ0) is 14.4. The Labute approximate surface area is 115 Å². The standard InChI is InChI=1S/C15H22N3O/c1-14(2)15(3,4)18(19)13(16-14)11-7-9-12(10-8-11)17(5)6/h7-10H,1-6H3. The number of nitrogens with zero attached hydrogens (tertiary/aromatic N) is 3. The van der Waals surface area contributed by atoms with Crippen LogP contribution in [0.25, 0.3) is 0 Å². The molecule has 0 spiro atoms. The Balaban J connectivity index is 2.38. The van der Waals surface area contributed by atoms with Crippen LogP contribution in [-0.4, -0.2) is 36.1 Å². The molecular weight excluding hydrogens is 238 g/mol. The first-order valence-electron chi connectivity index (χ1n) is 6.52. The summed E-state index contributed by atoms with van der Waals surface area (Å²) in [5.74, 6) is 0.528. The van der Waals surface area contributed by atoms with Crippen molar-refractivity contribution in [2.75, 3.05) is 19.0 Å². The minimum Gasteiger partial charge on any atom is -0.378 e. The average Bonchev–Trinajstić information content (AvgIpc) is 2.49. The van der Waals surface area contributed by atoms with Gasteiger partial charge in [-0.1, -0.05) is 5.21 Å². The van der Waals surface area contributed by atoms with E-state index >= 15 is 0 Å². The molecule has 1 radical (unpaired) electrons. The first-order valence-corrected chi connectivity index (χ1v) is 6.52. The number of anilines is 1. The maximum Gasteiger partial charge on any atom is 0.159 e. The predicted molar refractivity (Wildman–Crippen MR) is 78.0 cm³/mol. The van der Waals surface area contributed by atoms with Crippen molar-refractivity contribution in [1.29, 1.82) is 0 Å². The SMILES string of the molecule is CN(C)c1ccc(C2=NC(C)(C)C(C)(C)N2[O])cc1. The van der Waals surface area contributed by atoms with Gasteiger partial charge in [0.05, 0.1) is 11.1 Å². The zero-order valence-electron chi connectivity index (χ0n) is 12.6. The molecule has 4 heteroatoms. The summed E-state index contributed by atoms with van der Waals surface area (Å²) in [6.07, 6.45) is 0. The number of amidine groups is 1. The van der Waals surface area contributed by atoms with Crippen LogP contribution in [0.1, 0.15) is 33.3 Å². The van der Waals surface area contributed by atoms with Crippen molar-refractivity contribution in [2.24, 2.45) is 4.99 Å². The summed E-state index contributed by atoms with van der Waals surface area (Å²) in [4.78, 5) is 6.65. The van der Waals surface area contributed by atoms with Gasteiger partial charge in [-0.3, -0.25) is 4.99 Å². The third-order valence-corrected chi connectivity index (χ3v) is 4.22. The molecule has 0 amide bonds. The Hall–Kier alpha value is -1.55. The van der Waals surface area contributed by atoms with E-state index in [1.165, 1.54) is 0 Å². The normalized spacial score (nSPS) is 20.4. The third-order valence-electron chi connectivity index (χ3n) is 4.22. The number of hydroxylamine groups is 2. The molecule has 1 aliphatic rings. The highest BCUT2D eigenvalue weighted by Crippen LogP contribution is 2.38. The number of hydrogen-bond acceptors (Lipinski definition) is 3. The van der Waals surface area contributed by atoms with Crippen molar-refractivity contribution in [3.63, 3.8) is 0 Å². The van der Waals surface area contributed by atoms with Crippen molar-refractivity contribution in [1.82, 2.24) is 5.06 Å². The van der Waals surface area contributed by atoms with Crippen molar-refractivity contribution in [3.05, 3.63) is 29.8 Å². The Morgan fingerprint density at radius 3 is 1.95 bits per heavy atom. The highest BCUT2D eigenvalue weighted by Gasteiger charge is 2.50. The Kier molecular flexibility index (Phi) is 3.09. The molecule has 1 heterocycles.